The van der Waals surface area contributed by atoms with Crippen molar-refractivity contribution >= 4 is 17.3 Å². The third-order valence-electron chi connectivity index (χ3n) is 3.48. The second kappa shape index (κ2) is 7.40. The highest BCUT2D eigenvalue weighted by atomic mass is 16.6. The average Bonchev–Trinajstić information content (AvgIpc) is 2.53. The van der Waals surface area contributed by atoms with Crippen LogP contribution < -0.4 is 10.6 Å². The van der Waals surface area contributed by atoms with Crippen LogP contribution in [0.15, 0.2) is 42.5 Å². The van der Waals surface area contributed by atoms with Crippen LogP contribution in [0.3, 0.4) is 0 Å². The van der Waals surface area contributed by atoms with E-state index in [0.29, 0.717) is 12.2 Å². The summed E-state index contributed by atoms with van der Waals surface area (Å²) in [6.45, 7) is 4.35. The van der Waals surface area contributed by atoms with Gasteiger partial charge < -0.3 is 10.6 Å². The van der Waals surface area contributed by atoms with Crippen LogP contribution in [0.2, 0.25) is 0 Å². The van der Waals surface area contributed by atoms with Gasteiger partial charge in [-0.05, 0) is 25.0 Å². The Kier molecular flexibility index (Phi) is 5.30. The van der Waals surface area contributed by atoms with Crippen molar-refractivity contribution in [1.82, 2.24) is 5.32 Å². The van der Waals surface area contributed by atoms with E-state index in [4.69, 9.17) is 0 Å². The Hall–Kier alpha value is -2.89. The lowest BCUT2D eigenvalue weighted by molar-refractivity contribution is -0.384. The van der Waals surface area contributed by atoms with E-state index in [1.165, 1.54) is 17.7 Å². The topological polar surface area (TPSA) is 84.3 Å². The number of nitro benzene ring substituents is 1. The summed E-state index contributed by atoms with van der Waals surface area (Å²) in [5, 5.41) is 16.5. The van der Waals surface area contributed by atoms with Gasteiger partial charge in [-0.2, -0.15) is 0 Å². The molecule has 120 valence electrons. The van der Waals surface area contributed by atoms with Crippen LogP contribution in [-0.4, -0.2) is 17.4 Å². The lowest BCUT2D eigenvalue weighted by atomic mass is 10.1. The molecular formula is C17H19N3O3. The third kappa shape index (κ3) is 4.81. The van der Waals surface area contributed by atoms with Crippen LogP contribution in [0.4, 0.5) is 11.4 Å². The number of benzene rings is 2. The molecule has 1 amide bonds. The number of nitrogens with zero attached hydrogens (tertiary/aromatic N) is 1. The van der Waals surface area contributed by atoms with E-state index in [1.54, 1.807) is 6.07 Å². The molecule has 0 radical (unpaired) electrons. The Morgan fingerprint density at radius 1 is 1.13 bits per heavy atom. The van der Waals surface area contributed by atoms with Crippen molar-refractivity contribution in [3.8, 4) is 0 Å². The Balaban J connectivity index is 1.88. The molecule has 0 unspecified atom stereocenters. The summed E-state index contributed by atoms with van der Waals surface area (Å²) in [5.74, 6) is -0.170. The number of hydrogen-bond acceptors (Lipinski definition) is 4. The van der Waals surface area contributed by atoms with Crippen LogP contribution in [0.1, 0.15) is 16.7 Å². The molecule has 2 aromatic rings. The van der Waals surface area contributed by atoms with Crippen LogP contribution in [-0.2, 0) is 11.3 Å². The largest absolute Gasteiger partial charge is 0.376 e. The van der Waals surface area contributed by atoms with Gasteiger partial charge in [0.05, 0.1) is 11.5 Å². The monoisotopic (exact) mass is 313 g/mol. The lowest BCUT2D eigenvalue weighted by Gasteiger charge is -2.10. The lowest BCUT2D eigenvalue weighted by Crippen LogP contribution is -2.29. The van der Waals surface area contributed by atoms with E-state index in [9.17, 15) is 14.9 Å². The van der Waals surface area contributed by atoms with Crippen LogP contribution >= 0.6 is 0 Å². The summed E-state index contributed by atoms with van der Waals surface area (Å²) in [6.07, 6.45) is 0. The summed E-state index contributed by atoms with van der Waals surface area (Å²) in [6, 6.07) is 12.4. The van der Waals surface area contributed by atoms with E-state index in [-0.39, 0.29) is 18.1 Å². The molecule has 0 aliphatic rings. The molecule has 0 heterocycles. The first-order chi connectivity index (χ1) is 11.0. The number of non-ortho nitro benzene ring substituents is 1. The van der Waals surface area contributed by atoms with Gasteiger partial charge in [-0.1, -0.05) is 35.9 Å². The van der Waals surface area contributed by atoms with Crippen molar-refractivity contribution in [3.63, 3.8) is 0 Å². The average molecular weight is 313 g/mol. The second-order valence-corrected chi connectivity index (χ2v) is 5.37. The Morgan fingerprint density at radius 3 is 2.48 bits per heavy atom. The van der Waals surface area contributed by atoms with Crippen molar-refractivity contribution in [1.29, 1.82) is 0 Å². The number of carbonyl (C=O) groups is 1. The van der Waals surface area contributed by atoms with E-state index in [1.807, 2.05) is 38.1 Å². The SMILES string of the molecule is Cc1ccc(CNC(=O)CNc2cc([N+](=O)[O-])ccc2C)cc1. The fourth-order valence-electron chi connectivity index (χ4n) is 2.06. The Labute approximate surface area is 134 Å². The summed E-state index contributed by atoms with van der Waals surface area (Å²) >= 11 is 0. The maximum Gasteiger partial charge on any atom is 0.271 e. The summed E-state index contributed by atoms with van der Waals surface area (Å²) in [5.41, 5.74) is 3.63. The number of anilines is 1. The molecule has 0 saturated heterocycles. The number of nitro groups is 1. The molecule has 0 atom stereocenters. The van der Waals surface area contributed by atoms with E-state index < -0.39 is 4.92 Å². The number of hydrogen-bond donors (Lipinski definition) is 2. The van der Waals surface area contributed by atoms with Gasteiger partial charge in [0, 0.05) is 24.4 Å². The number of carbonyl (C=O) groups excluding carboxylic acids is 1. The van der Waals surface area contributed by atoms with Gasteiger partial charge in [-0.3, -0.25) is 14.9 Å². The van der Waals surface area contributed by atoms with E-state index in [0.717, 1.165) is 11.1 Å². The minimum Gasteiger partial charge on any atom is -0.376 e. The summed E-state index contributed by atoms with van der Waals surface area (Å²) in [7, 11) is 0. The fourth-order valence-corrected chi connectivity index (χ4v) is 2.06. The summed E-state index contributed by atoms with van der Waals surface area (Å²) in [4.78, 5) is 22.2. The third-order valence-corrected chi connectivity index (χ3v) is 3.48. The first kappa shape index (κ1) is 16.5. The molecular weight excluding hydrogens is 294 g/mol. The first-order valence-electron chi connectivity index (χ1n) is 7.27. The van der Waals surface area contributed by atoms with Crippen molar-refractivity contribution in [2.24, 2.45) is 0 Å². The van der Waals surface area contributed by atoms with Gasteiger partial charge in [0.1, 0.15) is 0 Å². The molecule has 23 heavy (non-hydrogen) atoms. The molecule has 0 bridgehead atoms. The predicted octanol–water partition coefficient (Wildman–Crippen LogP) is 2.94. The second-order valence-electron chi connectivity index (χ2n) is 5.37. The molecule has 2 aromatic carbocycles. The quantitative estimate of drug-likeness (QED) is 0.634. The summed E-state index contributed by atoms with van der Waals surface area (Å²) < 4.78 is 0. The molecule has 0 aliphatic heterocycles. The highest BCUT2D eigenvalue weighted by Gasteiger charge is 2.09. The number of rotatable bonds is 6. The number of amides is 1. The van der Waals surface area contributed by atoms with E-state index in [2.05, 4.69) is 10.6 Å². The molecule has 0 spiro atoms. The molecule has 0 saturated carbocycles. The Morgan fingerprint density at radius 2 is 1.83 bits per heavy atom. The molecule has 0 aromatic heterocycles. The first-order valence-corrected chi connectivity index (χ1v) is 7.27. The Bertz CT molecular complexity index is 712. The van der Waals surface area contributed by atoms with Crippen molar-refractivity contribution in [3.05, 3.63) is 69.3 Å². The molecule has 6 heteroatoms. The van der Waals surface area contributed by atoms with Gasteiger partial charge in [0.25, 0.3) is 5.69 Å². The minimum absolute atomic E-state index is 0.00170. The zero-order valence-corrected chi connectivity index (χ0v) is 13.1. The van der Waals surface area contributed by atoms with Crippen LogP contribution in [0.5, 0.6) is 0 Å². The molecule has 2 N–H and O–H groups in total. The standard InChI is InChI=1S/C17H19N3O3/c1-12-3-6-14(7-4-12)10-19-17(21)11-18-16-9-15(20(22)23)8-5-13(16)2/h3-9,18H,10-11H2,1-2H3,(H,19,21). The van der Waals surface area contributed by atoms with Gasteiger partial charge in [-0.15, -0.1) is 0 Å². The fraction of sp³-hybridized carbons (Fsp3) is 0.235. The van der Waals surface area contributed by atoms with Crippen molar-refractivity contribution < 1.29 is 9.72 Å². The molecule has 2 rings (SSSR count). The van der Waals surface area contributed by atoms with Gasteiger partial charge in [-0.25, -0.2) is 0 Å². The molecule has 0 fully saturated rings. The molecule has 0 aliphatic carbocycles. The van der Waals surface area contributed by atoms with Gasteiger partial charge >= 0.3 is 0 Å². The van der Waals surface area contributed by atoms with Gasteiger partial charge in [0.2, 0.25) is 5.91 Å². The van der Waals surface area contributed by atoms with Crippen LogP contribution in [0.25, 0.3) is 0 Å². The highest BCUT2D eigenvalue weighted by Crippen LogP contribution is 2.21. The van der Waals surface area contributed by atoms with E-state index >= 15 is 0 Å². The zero-order valence-electron chi connectivity index (χ0n) is 13.1. The normalized spacial score (nSPS) is 10.2. The predicted molar refractivity (Wildman–Crippen MR) is 89.3 cm³/mol. The number of nitrogens with one attached hydrogen (secondary N) is 2. The smallest absolute Gasteiger partial charge is 0.271 e. The van der Waals surface area contributed by atoms with Gasteiger partial charge in [0.15, 0.2) is 0 Å². The highest BCUT2D eigenvalue weighted by molar-refractivity contribution is 5.81. The number of aryl methyl sites for hydroxylation is 2. The molecule has 6 nitrogen and oxygen atoms in total. The maximum atomic E-state index is 11.9. The van der Waals surface area contributed by atoms with Crippen molar-refractivity contribution in [2.75, 3.05) is 11.9 Å². The zero-order chi connectivity index (χ0) is 16.8. The minimum atomic E-state index is -0.456. The van der Waals surface area contributed by atoms with Crippen molar-refractivity contribution in [2.45, 2.75) is 20.4 Å². The van der Waals surface area contributed by atoms with Crippen LogP contribution in [0, 0.1) is 24.0 Å². The maximum absolute atomic E-state index is 11.9.